The van der Waals surface area contributed by atoms with Gasteiger partial charge >= 0.3 is 0 Å². The van der Waals surface area contributed by atoms with E-state index in [1.165, 1.54) is 0 Å². The molecule has 1 fully saturated rings. The van der Waals surface area contributed by atoms with Crippen molar-refractivity contribution in [1.82, 2.24) is 0 Å². The molecule has 0 bridgehead atoms. The van der Waals surface area contributed by atoms with Crippen molar-refractivity contribution in [3.8, 4) is 5.75 Å². The molecule has 2 amide bonds. The lowest BCUT2D eigenvalue weighted by Gasteiger charge is -2.34. The van der Waals surface area contributed by atoms with Crippen molar-refractivity contribution >= 4 is 28.9 Å². The molecular formula is C32H34N2O6. The number of carbonyl (C=O) groups excluding carboxylic acids is 2. The molecule has 3 aliphatic heterocycles. The number of anilines is 3. The average molecular weight is 543 g/mol. The minimum Gasteiger partial charge on any atom is -0.482 e. The SMILES string of the molecule is C[C@@H]1[C@@H](C(C)(C)O)[C@H](CCO)O[C@@]12C(=O)N(Cc1ccc(N3C(=O)COc4ccccc43)cc1)c1ccccc12. The van der Waals surface area contributed by atoms with Gasteiger partial charge in [0.05, 0.1) is 29.6 Å². The van der Waals surface area contributed by atoms with Gasteiger partial charge in [-0.05, 0) is 56.2 Å². The fraction of sp³-hybridized carbons (Fsp3) is 0.375. The van der Waals surface area contributed by atoms with E-state index in [2.05, 4.69) is 0 Å². The maximum Gasteiger partial charge on any atom is 0.269 e. The molecule has 3 heterocycles. The summed E-state index contributed by atoms with van der Waals surface area (Å²) in [4.78, 5) is 30.5. The molecule has 6 rings (SSSR count). The van der Waals surface area contributed by atoms with Gasteiger partial charge in [-0.1, -0.05) is 49.4 Å². The van der Waals surface area contributed by atoms with Crippen LogP contribution in [0.1, 0.15) is 38.3 Å². The molecule has 0 aromatic heterocycles. The van der Waals surface area contributed by atoms with Crippen LogP contribution in [0.25, 0.3) is 0 Å². The highest BCUT2D eigenvalue weighted by atomic mass is 16.5. The normalized spacial score (nSPS) is 25.8. The summed E-state index contributed by atoms with van der Waals surface area (Å²) in [5.41, 5.74) is 1.54. The Hall–Kier alpha value is -3.72. The van der Waals surface area contributed by atoms with E-state index in [9.17, 15) is 19.8 Å². The molecule has 0 unspecified atom stereocenters. The third-order valence-corrected chi connectivity index (χ3v) is 8.55. The average Bonchev–Trinajstić information content (AvgIpc) is 3.36. The Morgan fingerprint density at radius 2 is 1.65 bits per heavy atom. The van der Waals surface area contributed by atoms with Crippen molar-refractivity contribution in [3.05, 3.63) is 83.9 Å². The van der Waals surface area contributed by atoms with E-state index < -0.39 is 17.3 Å². The first-order chi connectivity index (χ1) is 19.2. The molecule has 2 N–H and O–H groups in total. The summed E-state index contributed by atoms with van der Waals surface area (Å²) in [6, 6.07) is 22.7. The van der Waals surface area contributed by atoms with Crippen molar-refractivity contribution in [3.63, 3.8) is 0 Å². The Balaban J connectivity index is 1.32. The van der Waals surface area contributed by atoms with E-state index in [-0.39, 0.29) is 36.9 Å². The number of amides is 2. The summed E-state index contributed by atoms with van der Waals surface area (Å²) in [5, 5.41) is 20.8. The van der Waals surface area contributed by atoms with E-state index in [4.69, 9.17) is 9.47 Å². The van der Waals surface area contributed by atoms with Crippen LogP contribution in [0.5, 0.6) is 5.75 Å². The summed E-state index contributed by atoms with van der Waals surface area (Å²) in [7, 11) is 0. The van der Waals surface area contributed by atoms with Gasteiger partial charge in [0.15, 0.2) is 12.2 Å². The summed E-state index contributed by atoms with van der Waals surface area (Å²) in [5.74, 6) is -0.326. The third-order valence-electron chi connectivity index (χ3n) is 8.55. The predicted molar refractivity (Wildman–Crippen MR) is 150 cm³/mol. The van der Waals surface area contributed by atoms with Crippen LogP contribution in [0.2, 0.25) is 0 Å². The third kappa shape index (κ3) is 4.01. The first-order valence-electron chi connectivity index (χ1n) is 13.7. The zero-order valence-electron chi connectivity index (χ0n) is 22.9. The highest BCUT2D eigenvalue weighted by Gasteiger charge is 2.65. The lowest BCUT2D eigenvalue weighted by Crippen LogP contribution is -2.46. The van der Waals surface area contributed by atoms with Gasteiger partial charge in [-0.2, -0.15) is 0 Å². The van der Waals surface area contributed by atoms with Crippen LogP contribution in [-0.4, -0.2) is 46.9 Å². The van der Waals surface area contributed by atoms with Crippen molar-refractivity contribution in [2.75, 3.05) is 23.0 Å². The fourth-order valence-electron chi connectivity index (χ4n) is 6.90. The summed E-state index contributed by atoms with van der Waals surface area (Å²) in [6.45, 7) is 5.64. The van der Waals surface area contributed by atoms with Crippen molar-refractivity contribution in [1.29, 1.82) is 0 Å². The number of ether oxygens (including phenoxy) is 2. The van der Waals surface area contributed by atoms with Gasteiger partial charge in [0.25, 0.3) is 11.8 Å². The number of benzene rings is 3. The quantitative estimate of drug-likeness (QED) is 0.482. The maximum atomic E-state index is 14.3. The number of hydrogen-bond acceptors (Lipinski definition) is 6. The largest absolute Gasteiger partial charge is 0.482 e. The van der Waals surface area contributed by atoms with Crippen LogP contribution >= 0.6 is 0 Å². The second-order valence-corrected chi connectivity index (χ2v) is 11.4. The molecule has 40 heavy (non-hydrogen) atoms. The lowest BCUT2D eigenvalue weighted by molar-refractivity contribution is -0.146. The first-order valence-corrected chi connectivity index (χ1v) is 13.7. The number of carbonyl (C=O) groups is 2. The molecule has 1 saturated heterocycles. The molecule has 208 valence electrons. The molecule has 3 aromatic carbocycles. The van der Waals surface area contributed by atoms with Crippen LogP contribution in [0.15, 0.2) is 72.8 Å². The molecule has 8 nitrogen and oxygen atoms in total. The Kier molecular flexibility index (Phi) is 6.45. The van der Waals surface area contributed by atoms with Crippen LogP contribution in [0.4, 0.5) is 17.1 Å². The topological polar surface area (TPSA) is 99.5 Å². The highest BCUT2D eigenvalue weighted by Crippen LogP contribution is 2.57. The van der Waals surface area contributed by atoms with E-state index in [1.54, 1.807) is 23.6 Å². The van der Waals surface area contributed by atoms with E-state index in [0.29, 0.717) is 24.4 Å². The molecule has 8 heteroatoms. The second-order valence-electron chi connectivity index (χ2n) is 11.4. The zero-order chi connectivity index (χ0) is 28.2. The van der Waals surface area contributed by atoms with Gasteiger partial charge in [-0.25, -0.2) is 0 Å². The summed E-state index contributed by atoms with van der Waals surface area (Å²) >= 11 is 0. The van der Waals surface area contributed by atoms with Crippen molar-refractivity contribution in [2.24, 2.45) is 11.8 Å². The summed E-state index contributed by atoms with van der Waals surface area (Å²) in [6.07, 6.45) is -0.133. The molecule has 1 spiro atoms. The number of fused-ring (bicyclic) bond motifs is 3. The fourth-order valence-corrected chi connectivity index (χ4v) is 6.90. The molecule has 0 radical (unpaired) electrons. The molecule has 3 aromatic rings. The maximum absolute atomic E-state index is 14.3. The number of aliphatic hydroxyl groups excluding tert-OH is 1. The van der Waals surface area contributed by atoms with Crippen LogP contribution < -0.4 is 14.5 Å². The number of rotatable bonds is 6. The van der Waals surface area contributed by atoms with Crippen molar-refractivity contribution in [2.45, 2.75) is 51.0 Å². The monoisotopic (exact) mass is 542 g/mol. The van der Waals surface area contributed by atoms with Crippen molar-refractivity contribution < 1.29 is 29.3 Å². The summed E-state index contributed by atoms with van der Waals surface area (Å²) < 4.78 is 12.2. The minimum absolute atomic E-state index is 0.0268. The van der Waals surface area contributed by atoms with Crippen LogP contribution in [0.3, 0.4) is 0 Å². The Bertz CT molecular complexity index is 1450. The number of aliphatic hydroxyl groups is 2. The lowest BCUT2D eigenvalue weighted by atomic mass is 9.71. The number of hydrogen-bond donors (Lipinski definition) is 2. The zero-order valence-corrected chi connectivity index (χ0v) is 22.9. The predicted octanol–water partition coefficient (Wildman–Crippen LogP) is 4.29. The van der Waals surface area contributed by atoms with Gasteiger partial charge in [-0.15, -0.1) is 0 Å². The Morgan fingerprint density at radius 3 is 2.35 bits per heavy atom. The van der Waals surface area contributed by atoms with E-state index >= 15 is 0 Å². The molecular weight excluding hydrogens is 508 g/mol. The first kappa shape index (κ1) is 26.5. The number of nitrogens with zero attached hydrogens (tertiary/aromatic N) is 2. The second kappa shape index (κ2) is 9.73. The van der Waals surface area contributed by atoms with Gasteiger partial charge in [-0.3, -0.25) is 14.5 Å². The smallest absolute Gasteiger partial charge is 0.269 e. The number of para-hydroxylation sites is 3. The molecule has 4 atom stereocenters. The van der Waals surface area contributed by atoms with Gasteiger partial charge < -0.3 is 24.6 Å². The van der Waals surface area contributed by atoms with Gasteiger partial charge in [0, 0.05) is 29.7 Å². The standard InChI is InChI=1S/C32H34N2O6/c1-20-29(31(2,3)38)27(16-17-35)40-32(20)23-8-4-5-9-24(23)33(30(32)37)18-21-12-14-22(15-13-21)34-25-10-6-7-11-26(25)39-19-28(34)36/h4-15,20,27,29,35,38H,16-19H2,1-3H3/t20-,27+,29-,32+/m1/s1. The minimum atomic E-state index is -1.25. The highest BCUT2D eigenvalue weighted by molar-refractivity contribution is 6.07. The Labute approximate surface area is 233 Å². The van der Waals surface area contributed by atoms with E-state index in [1.807, 2.05) is 79.7 Å². The molecule has 0 aliphatic carbocycles. The van der Waals surface area contributed by atoms with Gasteiger partial charge in [0.1, 0.15) is 5.75 Å². The van der Waals surface area contributed by atoms with Crippen LogP contribution in [-0.2, 0) is 26.5 Å². The van der Waals surface area contributed by atoms with E-state index in [0.717, 1.165) is 22.5 Å². The van der Waals surface area contributed by atoms with Crippen LogP contribution in [0, 0.1) is 11.8 Å². The van der Waals surface area contributed by atoms with Gasteiger partial charge in [0.2, 0.25) is 0 Å². The Morgan fingerprint density at radius 1 is 0.975 bits per heavy atom. The molecule has 0 saturated carbocycles. The molecule has 3 aliphatic rings.